The average Bonchev–Trinajstić information content (AvgIpc) is 1.87. The molecule has 0 aliphatic rings. The van der Waals surface area contributed by atoms with Crippen LogP contribution in [0.15, 0.2) is 35.1 Å². The molecular formula is C7H8BrF. The number of hydrogen-bond donors (Lipinski definition) is 0. The first kappa shape index (κ1) is 8.63. The molecule has 0 fully saturated rings. The van der Waals surface area contributed by atoms with Crippen LogP contribution in [0.4, 0.5) is 4.39 Å². The zero-order valence-corrected chi connectivity index (χ0v) is 6.78. The summed E-state index contributed by atoms with van der Waals surface area (Å²) >= 11 is 3.12. The van der Waals surface area contributed by atoms with Crippen molar-refractivity contribution in [2.45, 2.75) is 6.92 Å². The Labute approximate surface area is 62.9 Å². The zero-order chi connectivity index (χ0) is 7.28. The van der Waals surface area contributed by atoms with Gasteiger partial charge in [0.15, 0.2) is 0 Å². The van der Waals surface area contributed by atoms with Crippen LogP contribution in [-0.2, 0) is 0 Å². The van der Waals surface area contributed by atoms with Crippen molar-refractivity contribution < 1.29 is 4.39 Å². The van der Waals surface area contributed by atoms with Crippen LogP contribution in [0, 0.1) is 0 Å². The molecule has 0 aromatic rings. The van der Waals surface area contributed by atoms with E-state index in [4.69, 9.17) is 0 Å². The molecule has 0 atom stereocenters. The molecule has 0 aromatic heterocycles. The van der Waals surface area contributed by atoms with Gasteiger partial charge >= 0.3 is 0 Å². The number of halogens is 2. The second kappa shape index (κ2) is 4.50. The maximum absolute atomic E-state index is 12.2. The van der Waals surface area contributed by atoms with Gasteiger partial charge in [0.1, 0.15) is 5.83 Å². The number of hydrogen-bond acceptors (Lipinski definition) is 0. The van der Waals surface area contributed by atoms with E-state index in [9.17, 15) is 4.39 Å². The molecule has 0 spiro atoms. The fraction of sp³-hybridized carbons (Fsp3) is 0.143. The smallest absolute Gasteiger partial charge is 0.123 e. The molecule has 0 saturated carbocycles. The molecule has 0 heterocycles. The van der Waals surface area contributed by atoms with E-state index in [2.05, 4.69) is 22.5 Å². The minimum absolute atomic E-state index is 0.333. The summed E-state index contributed by atoms with van der Waals surface area (Å²) in [7, 11) is 0. The first-order valence-electron chi connectivity index (χ1n) is 2.52. The summed E-state index contributed by atoms with van der Waals surface area (Å²) in [5.74, 6) is -0.333. The van der Waals surface area contributed by atoms with Gasteiger partial charge < -0.3 is 0 Å². The topological polar surface area (TPSA) is 0 Å². The number of rotatable bonds is 2. The Balaban J connectivity index is 4.11. The third-order valence-electron chi connectivity index (χ3n) is 0.747. The van der Waals surface area contributed by atoms with Crippen molar-refractivity contribution in [3.63, 3.8) is 0 Å². The van der Waals surface area contributed by atoms with Crippen molar-refractivity contribution in [3.05, 3.63) is 35.1 Å². The second-order valence-corrected chi connectivity index (χ2v) is 2.32. The fourth-order valence-corrected chi connectivity index (χ4v) is 0.493. The van der Waals surface area contributed by atoms with Gasteiger partial charge in [0, 0.05) is 4.48 Å². The monoisotopic (exact) mass is 190 g/mol. The van der Waals surface area contributed by atoms with Gasteiger partial charge in [-0.15, -0.1) is 0 Å². The van der Waals surface area contributed by atoms with Crippen molar-refractivity contribution >= 4 is 15.9 Å². The van der Waals surface area contributed by atoms with Crippen LogP contribution in [0.2, 0.25) is 0 Å². The Morgan fingerprint density at radius 2 is 2.22 bits per heavy atom. The second-order valence-electron chi connectivity index (χ2n) is 1.41. The van der Waals surface area contributed by atoms with E-state index in [0.29, 0.717) is 0 Å². The van der Waals surface area contributed by atoms with E-state index in [1.54, 1.807) is 6.08 Å². The highest BCUT2D eigenvalue weighted by molar-refractivity contribution is 9.11. The van der Waals surface area contributed by atoms with Gasteiger partial charge in [-0.05, 0) is 19.1 Å². The van der Waals surface area contributed by atoms with Crippen LogP contribution in [-0.4, -0.2) is 0 Å². The first-order valence-corrected chi connectivity index (χ1v) is 3.31. The molecule has 9 heavy (non-hydrogen) atoms. The SMILES string of the molecule is C=C/C(F)=C\C(Br)=C/C. The lowest BCUT2D eigenvalue weighted by molar-refractivity contribution is 0.667. The highest BCUT2D eigenvalue weighted by atomic mass is 79.9. The lowest BCUT2D eigenvalue weighted by atomic mass is 10.4. The molecule has 50 valence electrons. The van der Waals surface area contributed by atoms with Crippen LogP contribution in [0.1, 0.15) is 6.92 Å². The first-order chi connectivity index (χ1) is 4.20. The lowest BCUT2D eigenvalue weighted by Crippen LogP contribution is -1.64. The molecule has 0 unspecified atom stereocenters. The van der Waals surface area contributed by atoms with Crippen LogP contribution < -0.4 is 0 Å². The molecule has 0 nitrogen and oxygen atoms in total. The van der Waals surface area contributed by atoms with Gasteiger partial charge in [0.05, 0.1) is 0 Å². The predicted molar refractivity (Wildman–Crippen MR) is 42.1 cm³/mol. The molecule has 0 aliphatic carbocycles. The molecule has 0 amide bonds. The normalized spacial score (nSPS) is 13.7. The quantitative estimate of drug-likeness (QED) is 0.587. The summed E-state index contributed by atoms with van der Waals surface area (Å²) < 4.78 is 13.0. The van der Waals surface area contributed by atoms with Crippen LogP contribution >= 0.6 is 15.9 Å². The fourth-order valence-electron chi connectivity index (χ4n) is 0.274. The van der Waals surface area contributed by atoms with Gasteiger partial charge in [-0.3, -0.25) is 0 Å². The molecule has 0 bridgehead atoms. The Morgan fingerprint density at radius 1 is 1.67 bits per heavy atom. The maximum Gasteiger partial charge on any atom is 0.123 e. The van der Waals surface area contributed by atoms with Crippen molar-refractivity contribution in [1.29, 1.82) is 0 Å². The molecule has 0 aliphatic heterocycles. The third kappa shape index (κ3) is 4.15. The zero-order valence-electron chi connectivity index (χ0n) is 5.20. The van der Waals surface area contributed by atoms with Gasteiger partial charge in [0.2, 0.25) is 0 Å². The summed E-state index contributed by atoms with van der Waals surface area (Å²) in [6.45, 7) is 5.07. The summed E-state index contributed by atoms with van der Waals surface area (Å²) in [4.78, 5) is 0. The van der Waals surface area contributed by atoms with Gasteiger partial charge in [-0.1, -0.05) is 28.6 Å². The summed E-state index contributed by atoms with van der Waals surface area (Å²) in [5, 5.41) is 0. The van der Waals surface area contributed by atoms with Crippen molar-refractivity contribution in [1.82, 2.24) is 0 Å². The average molecular weight is 191 g/mol. The molecule has 0 radical (unpaired) electrons. The minimum atomic E-state index is -0.333. The Hall–Kier alpha value is -0.370. The highest BCUT2D eigenvalue weighted by Gasteiger charge is 1.85. The molecule has 0 N–H and O–H groups in total. The van der Waals surface area contributed by atoms with Crippen LogP contribution in [0.5, 0.6) is 0 Å². The summed E-state index contributed by atoms with van der Waals surface area (Å²) in [6, 6.07) is 0. The van der Waals surface area contributed by atoms with E-state index in [1.807, 2.05) is 6.92 Å². The van der Waals surface area contributed by atoms with E-state index < -0.39 is 0 Å². The Kier molecular flexibility index (Phi) is 4.32. The van der Waals surface area contributed by atoms with E-state index >= 15 is 0 Å². The van der Waals surface area contributed by atoms with E-state index in [1.165, 1.54) is 6.08 Å². The highest BCUT2D eigenvalue weighted by Crippen LogP contribution is 2.10. The molecule has 0 rings (SSSR count). The van der Waals surface area contributed by atoms with Crippen LogP contribution in [0.3, 0.4) is 0 Å². The minimum Gasteiger partial charge on any atom is -0.207 e. The van der Waals surface area contributed by atoms with E-state index in [0.717, 1.165) is 10.6 Å². The molecule has 2 heteroatoms. The predicted octanol–water partition coefficient (Wildman–Crippen LogP) is 3.32. The summed E-state index contributed by atoms with van der Waals surface area (Å²) in [6.07, 6.45) is 4.26. The maximum atomic E-state index is 12.2. The summed E-state index contributed by atoms with van der Waals surface area (Å²) in [5.41, 5.74) is 0. The molecule has 0 aromatic carbocycles. The molecular weight excluding hydrogens is 183 g/mol. The lowest BCUT2D eigenvalue weighted by Gasteiger charge is -1.84. The Morgan fingerprint density at radius 3 is 2.56 bits per heavy atom. The van der Waals surface area contributed by atoms with E-state index in [-0.39, 0.29) is 5.83 Å². The van der Waals surface area contributed by atoms with Crippen LogP contribution in [0.25, 0.3) is 0 Å². The van der Waals surface area contributed by atoms with Crippen molar-refractivity contribution in [2.75, 3.05) is 0 Å². The Bertz CT molecular complexity index is 156. The standard InChI is InChI=1S/C7H8BrF/c1-3-6(8)5-7(9)4-2/h3-5H,2H2,1H3/b6-3+,7-5+. The molecule has 0 saturated heterocycles. The largest absolute Gasteiger partial charge is 0.207 e. The number of allylic oxidation sites excluding steroid dienone is 5. The van der Waals surface area contributed by atoms with Crippen molar-refractivity contribution in [2.24, 2.45) is 0 Å². The van der Waals surface area contributed by atoms with Gasteiger partial charge in [-0.2, -0.15) is 0 Å². The van der Waals surface area contributed by atoms with Gasteiger partial charge in [-0.25, -0.2) is 4.39 Å². The van der Waals surface area contributed by atoms with Crippen molar-refractivity contribution in [3.8, 4) is 0 Å². The van der Waals surface area contributed by atoms with Gasteiger partial charge in [0.25, 0.3) is 0 Å². The third-order valence-corrected chi connectivity index (χ3v) is 1.43.